The molecule has 1 aliphatic rings. The molecule has 3 aromatic heterocycles. The van der Waals surface area contributed by atoms with E-state index in [4.69, 9.17) is 19.1 Å². The van der Waals surface area contributed by atoms with Crippen LogP contribution >= 0.6 is 22.6 Å². The number of hydrogen-bond acceptors (Lipinski definition) is 6. The second-order valence-corrected chi connectivity index (χ2v) is 17.0. The number of fused-ring (bicyclic) bond motifs is 2. The predicted molar refractivity (Wildman–Crippen MR) is 159 cm³/mol. The van der Waals surface area contributed by atoms with E-state index >= 15 is 0 Å². The van der Waals surface area contributed by atoms with Crippen molar-refractivity contribution in [3.05, 3.63) is 68.8 Å². The Morgan fingerprint density at radius 1 is 1.16 bits per heavy atom. The van der Waals surface area contributed by atoms with Crippen molar-refractivity contribution in [1.82, 2.24) is 19.4 Å². The van der Waals surface area contributed by atoms with Gasteiger partial charge in [0.25, 0.3) is 0 Å². The van der Waals surface area contributed by atoms with Crippen molar-refractivity contribution >= 4 is 42.4 Å². The third-order valence-electron chi connectivity index (χ3n) is 7.67. The van der Waals surface area contributed by atoms with Crippen LogP contribution in [0.1, 0.15) is 43.3 Å². The quantitative estimate of drug-likeness (QED) is 0.174. The zero-order chi connectivity index (χ0) is 27.2. The number of nitrogens with one attached hydrogen (secondary N) is 1. The molecule has 4 aromatic rings. The fraction of sp³-hybridized carbons (Fsp3) is 0.393. The van der Waals surface area contributed by atoms with Crippen LogP contribution in [-0.2, 0) is 24.0 Å². The van der Waals surface area contributed by atoms with Crippen LogP contribution in [-0.4, -0.2) is 34.3 Å². The first-order valence-electron chi connectivity index (χ1n) is 12.8. The minimum Gasteiger partial charge on any atom is -0.493 e. The Labute approximate surface area is 237 Å². The van der Waals surface area contributed by atoms with Crippen molar-refractivity contribution in [2.45, 2.75) is 65.4 Å². The maximum Gasteiger partial charge on any atom is 0.209 e. The van der Waals surface area contributed by atoms with Crippen LogP contribution in [0.5, 0.6) is 5.75 Å². The normalized spacial score (nSPS) is 13.6. The average molecular weight is 646 g/mol. The van der Waals surface area contributed by atoms with Crippen LogP contribution in [0.2, 0.25) is 18.1 Å². The van der Waals surface area contributed by atoms with E-state index in [-0.39, 0.29) is 10.9 Å². The van der Waals surface area contributed by atoms with Gasteiger partial charge in [0.1, 0.15) is 21.6 Å². The molecule has 0 saturated heterocycles. The number of anilines is 1. The zero-order valence-electron chi connectivity index (χ0n) is 22.7. The van der Waals surface area contributed by atoms with Gasteiger partial charge in [0.2, 0.25) is 5.95 Å². The second kappa shape index (κ2) is 10.2. The lowest BCUT2D eigenvalue weighted by Gasteiger charge is -2.36. The number of rotatable bonds is 7. The van der Waals surface area contributed by atoms with Crippen molar-refractivity contribution in [2.75, 3.05) is 11.9 Å². The van der Waals surface area contributed by atoms with Gasteiger partial charge in [-0.2, -0.15) is 0 Å². The molecule has 0 atom stereocenters. The van der Waals surface area contributed by atoms with Crippen molar-refractivity contribution in [1.29, 1.82) is 0 Å². The summed E-state index contributed by atoms with van der Waals surface area (Å²) in [7, 11) is -1.97. The lowest BCUT2D eigenvalue weighted by atomic mass is 10.0. The lowest BCUT2D eigenvalue weighted by Crippen LogP contribution is -2.40. The molecular formula is C28H33FIN5O2Si. The molecule has 38 heavy (non-hydrogen) atoms. The number of hydrogen-bond donors (Lipinski definition) is 1. The number of aromatic nitrogens is 4. The van der Waals surface area contributed by atoms with Gasteiger partial charge < -0.3 is 14.5 Å². The van der Waals surface area contributed by atoms with Gasteiger partial charge in [-0.3, -0.25) is 9.38 Å². The standard InChI is InChI=1S/C28H33FIN5O2Si/c1-17-7-8-18(23(34-17)15-37-38(5,6)28(2,3)4)21-14-32-27(35-16-33-26(30)25(21)35)31-13-20-19-11-12-36-24(19)10-9-22(20)29/h7-10,14,16H,11-13,15H2,1-6H3,(H,31,32). The molecule has 1 aliphatic heterocycles. The molecule has 0 aliphatic carbocycles. The zero-order valence-corrected chi connectivity index (χ0v) is 25.8. The van der Waals surface area contributed by atoms with E-state index in [1.54, 1.807) is 12.4 Å². The first-order chi connectivity index (χ1) is 18.0. The van der Waals surface area contributed by atoms with E-state index in [2.05, 4.69) is 72.8 Å². The molecule has 10 heteroatoms. The number of aryl methyl sites for hydroxylation is 1. The molecule has 0 saturated carbocycles. The van der Waals surface area contributed by atoms with Crippen molar-refractivity contribution in [3.63, 3.8) is 0 Å². The molecular weight excluding hydrogens is 612 g/mol. The Hall–Kier alpha value is -2.57. The molecule has 0 spiro atoms. The van der Waals surface area contributed by atoms with Crippen molar-refractivity contribution in [3.8, 4) is 16.9 Å². The Morgan fingerprint density at radius 2 is 1.95 bits per heavy atom. The minimum absolute atomic E-state index is 0.102. The SMILES string of the molecule is Cc1ccc(-c2cnc(NCc3c(F)ccc4c3CCO4)n3cnc(I)c23)c(CO[Si](C)(C)C(C)(C)C)n1. The summed E-state index contributed by atoms with van der Waals surface area (Å²) in [6.45, 7) is 14.5. The van der Waals surface area contributed by atoms with Gasteiger partial charge in [0, 0.05) is 47.1 Å². The van der Waals surface area contributed by atoms with E-state index in [1.807, 2.05) is 23.6 Å². The molecule has 0 bridgehead atoms. The Kier molecular flexibility index (Phi) is 7.25. The number of halogens is 2. The van der Waals surface area contributed by atoms with E-state index in [0.29, 0.717) is 37.7 Å². The molecule has 4 heterocycles. The number of ether oxygens (including phenoxy) is 1. The van der Waals surface area contributed by atoms with Crippen LogP contribution in [0.4, 0.5) is 10.3 Å². The third-order valence-corrected chi connectivity index (χ3v) is 12.9. The van der Waals surface area contributed by atoms with E-state index in [0.717, 1.165) is 43.0 Å². The molecule has 0 unspecified atom stereocenters. The second-order valence-electron chi connectivity index (χ2n) is 11.2. The highest BCUT2D eigenvalue weighted by Gasteiger charge is 2.37. The highest BCUT2D eigenvalue weighted by atomic mass is 127. The van der Waals surface area contributed by atoms with Crippen LogP contribution in [0.15, 0.2) is 36.8 Å². The topological polar surface area (TPSA) is 73.6 Å². The van der Waals surface area contributed by atoms with Crippen LogP contribution in [0.25, 0.3) is 16.6 Å². The summed E-state index contributed by atoms with van der Waals surface area (Å²) in [5, 5.41) is 3.43. The molecule has 0 amide bonds. The summed E-state index contributed by atoms with van der Waals surface area (Å²) >= 11 is 2.25. The summed E-state index contributed by atoms with van der Waals surface area (Å²) < 4.78 is 29.7. The number of imidazole rings is 1. The van der Waals surface area contributed by atoms with Crippen LogP contribution in [0.3, 0.4) is 0 Å². The fourth-order valence-electron chi connectivity index (χ4n) is 4.41. The first-order valence-corrected chi connectivity index (χ1v) is 16.7. The van der Waals surface area contributed by atoms with Crippen LogP contribution < -0.4 is 10.1 Å². The highest BCUT2D eigenvalue weighted by Crippen LogP contribution is 2.38. The summed E-state index contributed by atoms with van der Waals surface area (Å²) in [6, 6.07) is 7.26. The van der Waals surface area contributed by atoms with Gasteiger partial charge in [-0.05, 0) is 65.8 Å². The molecule has 1 aromatic carbocycles. The van der Waals surface area contributed by atoms with Gasteiger partial charge in [-0.25, -0.2) is 14.4 Å². The molecule has 1 N–H and O–H groups in total. The number of pyridine rings is 1. The maximum absolute atomic E-state index is 14.7. The summed E-state index contributed by atoms with van der Waals surface area (Å²) in [6.07, 6.45) is 4.30. The van der Waals surface area contributed by atoms with Gasteiger partial charge in [-0.15, -0.1) is 0 Å². The van der Waals surface area contributed by atoms with E-state index in [1.165, 1.54) is 6.07 Å². The van der Waals surface area contributed by atoms with Crippen LogP contribution in [0, 0.1) is 16.4 Å². The molecule has 200 valence electrons. The predicted octanol–water partition coefficient (Wildman–Crippen LogP) is 6.91. The average Bonchev–Trinajstić information content (AvgIpc) is 3.49. The van der Waals surface area contributed by atoms with E-state index < -0.39 is 8.32 Å². The highest BCUT2D eigenvalue weighted by molar-refractivity contribution is 14.1. The van der Waals surface area contributed by atoms with Gasteiger partial charge in [0.15, 0.2) is 8.32 Å². The smallest absolute Gasteiger partial charge is 0.209 e. The molecule has 7 nitrogen and oxygen atoms in total. The number of nitrogens with zero attached hydrogens (tertiary/aromatic N) is 4. The molecule has 0 radical (unpaired) electrons. The largest absolute Gasteiger partial charge is 0.493 e. The molecule has 0 fully saturated rings. The van der Waals surface area contributed by atoms with Gasteiger partial charge >= 0.3 is 0 Å². The first kappa shape index (κ1) is 27.0. The summed E-state index contributed by atoms with van der Waals surface area (Å²) in [5.74, 6) is 1.11. The molecule has 5 rings (SSSR count). The van der Waals surface area contributed by atoms with Crippen molar-refractivity contribution < 1.29 is 13.6 Å². The summed E-state index contributed by atoms with van der Waals surface area (Å²) in [5.41, 5.74) is 6.18. The van der Waals surface area contributed by atoms with Gasteiger partial charge in [-0.1, -0.05) is 26.8 Å². The Bertz CT molecular complexity index is 1520. The third kappa shape index (κ3) is 5.05. The Morgan fingerprint density at radius 3 is 2.71 bits per heavy atom. The van der Waals surface area contributed by atoms with E-state index in [9.17, 15) is 4.39 Å². The monoisotopic (exact) mass is 645 g/mol. The minimum atomic E-state index is -1.97. The maximum atomic E-state index is 14.7. The number of benzene rings is 1. The lowest BCUT2D eigenvalue weighted by molar-refractivity contribution is 0.272. The van der Waals surface area contributed by atoms with Crippen molar-refractivity contribution in [2.24, 2.45) is 0 Å². The summed E-state index contributed by atoms with van der Waals surface area (Å²) in [4.78, 5) is 14.2. The Balaban J connectivity index is 1.50. The van der Waals surface area contributed by atoms with Gasteiger partial charge in [0.05, 0.1) is 24.4 Å². The fourth-order valence-corrected chi connectivity index (χ4v) is 6.02.